The molecule has 1 aromatic heterocycles. The first-order chi connectivity index (χ1) is 24.2. The van der Waals surface area contributed by atoms with Gasteiger partial charge in [0.25, 0.3) is 5.91 Å². The summed E-state index contributed by atoms with van der Waals surface area (Å²) in [7, 11) is -2.83. The van der Waals surface area contributed by atoms with Gasteiger partial charge in [0.05, 0.1) is 25.4 Å². The SMILES string of the molecule is COc1ccc2ncc(O[C@@H]3C[C@H]4C(=O)N[C@]5(C(=O)NS(=O)(=O)C6(CF)CC6)C[C@H]5/C=C\CC[C@@H](C)C[C@@H](C)[C@H](NC(=O)O)C(=O)N4C3)cc2c1. The number of nitrogens with one attached hydrogen (secondary N) is 3. The zero-order valence-corrected chi connectivity index (χ0v) is 29.6. The molecule has 51 heavy (non-hydrogen) atoms. The van der Waals surface area contributed by atoms with Gasteiger partial charge >= 0.3 is 6.09 Å². The summed E-state index contributed by atoms with van der Waals surface area (Å²) in [5.41, 5.74) is -0.958. The predicted molar refractivity (Wildman–Crippen MR) is 183 cm³/mol. The molecule has 6 rings (SSSR count). The van der Waals surface area contributed by atoms with Gasteiger partial charge in [-0.2, -0.15) is 0 Å². The second-order valence-electron chi connectivity index (χ2n) is 14.5. The molecule has 3 heterocycles. The number of allylic oxidation sites excluding steroid dienone is 1. The summed E-state index contributed by atoms with van der Waals surface area (Å²) in [6.07, 6.45) is 5.14. The molecule has 0 radical (unpaired) electrons. The second kappa shape index (κ2) is 13.9. The normalized spacial score (nSPS) is 31.2. The number of fused-ring (bicyclic) bond motifs is 3. The Kier molecular flexibility index (Phi) is 9.92. The number of carbonyl (C=O) groups is 4. The minimum absolute atomic E-state index is 0.0141. The second-order valence-corrected chi connectivity index (χ2v) is 16.6. The highest BCUT2D eigenvalue weighted by Gasteiger charge is 2.64. The lowest BCUT2D eigenvalue weighted by molar-refractivity contribution is -0.142. The topological polar surface area (TPSA) is 193 Å². The first-order valence-corrected chi connectivity index (χ1v) is 18.7. The van der Waals surface area contributed by atoms with Crippen LogP contribution >= 0.6 is 0 Å². The van der Waals surface area contributed by atoms with E-state index in [0.717, 1.165) is 5.39 Å². The van der Waals surface area contributed by atoms with Gasteiger partial charge < -0.3 is 30.1 Å². The maximum atomic E-state index is 14.3. The van der Waals surface area contributed by atoms with Crippen molar-refractivity contribution in [1.29, 1.82) is 0 Å². The van der Waals surface area contributed by atoms with Gasteiger partial charge in [-0.3, -0.25) is 24.1 Å². The van der Waals surface area contributed by atoms with Gasteiger partial charge in [-0.1, -0.05) is 26.0 Å². The Hall–Kier alpha value is -4.47. The van der Waals surface area contributed by atoms with Gasteiger partial charge in [0.1, 0.15) is 46.6 Å². The van der Waals surface area contributed by atoms with Crippen LogP contribution in [-0.4, -0.2) is 96.0 Å². The molecule has 3 fully saturated rings. The quantitative estimate of drug-likeness (QED) is 0.294. The number of hydrogen-bond donors (Lipinski definition) is 4. The third-order valence-electron chi connectivity index (χ3n) is 10.7. The number of carbonyl (C=O) groups excluding carboxylic acids is 3. The number of methoxy groups -OCH3 is 1. The van der Waals surface area contributed by atoms with Crippen LogP contribution in [0.25, 0.3) is 10.9 Å². The number of carboxylic acid groups (broad SMARTS) is 1. The number of alkyl halides is 1. The minimum atomic E-state index is -4.38. The standard InChI is InChI=1S/C35H44FN5O9S/c1-20-6-4-5-7-23-16-35(23,32(44)40-51(47,48)34(19-36)10-11-34)39-30(42)28-15-26(18-41(28)31(43)29(21(2)12-20)38-33(45)46)50-25-14-22-13-24(49-3)8-9-27(22)37-17-25/h5,7-9,13-14,17,20-21,23,26,28-29,38H,4,6,10-12,15-16,18-19H2,1-3H3,(H,39,42)(H,40,44)(H,45,46)/b7-5-/t20-,21-,23-,26-,28+,29+,35-/m1/s1. The number of pyridine rings is 1. The summed E-state index contributed by atoms with van der Waals surface area (Å²) < 4.78 is 51.8. The number of rotatable bonds is 8. The Labute approximate surface area is 295 Å². The molecule has 2 aromatic rings. The first-order valence-electron chi connectivity index (χ1n) is 17.2. The molecule has 276 valence electrons. The van der Waals surface area contributed by atoms with Gasteiger partial charge in [0, 0.05) is 17.7 Å². The molecule has 2 aliphatic heterocycles. The number of amides is 4. The smallest absolute Gasteiger partial charge is 0.405 e. The minimum Gasteiger partial charge on any atom is -0.497 e. The van der Waals surface area contributed by atoms with Crippen LogP contribution < -0.4 is 24.8 Å². The van der Waals surface area contributed by atoms with Crippen LogP contribution in [0.1, 0.15) is 58.8 Å². The van der Waals surface area contributed by atoms with E-state index in [0.29, 0.717) is 36.3 Å². The molecule has 0 bridgehead atoms. The van der Waals surface area contributed by atoms with Crippen LogP contribution in [0.15, 0.2) is 42.6 Å². The molecule has 2 aliphatic carbocycles. The average Bonchev–Trinajstić information content (AvgIpc) is 3.99. The monoisotopic (exact) mass is 729 g/mol. The first kappa shape index (κ1) is 36.3. The molecule has 1 saturated heterocycles. The Balaban J connectivity index is 1.32. The Morgan fingerprint density at radius 1 is 1.16 bits per heavy atom. The van der Waals surface area contributed by atoms with Gasteiger partial charge in [-0.25, -0.2) is 17.6 Å². The average molecular weight is 730 g/mol. The van der Waals surface area contributed by atoms with Crippen molar-refractivity contribution >= 4 is 44.7 Å². The Bertz CT molecular complexity index is 1850. The molecule has 7 atom stereocenters. The van der Waals surface area contributed by atoms with E-state index in [9.17, 15) is 37.1 Å². The summed E-state index contributed by atoms with van der Waals surface area (Å²) >= 11 is 0. The van der Waals surface area contributed by atoms with Gasteiger partial charge in [-0.05, 0) is 74.6 Å². The van der Waals surface area contributed by atoms with Crippen molar-refractivity contribution in [3.05, 3.63) is 42.6 Å². The van der Waals surface area contributed by atoms with Crippen LogP contribution in [0.3, 0.4) is 0 Å². The summed E-state index contributed by atoms with van der Waals surface area (Å²) in [5.74, 6) is -2.21. The molecular weight excluding hydrogens is 685 g/mol. The molecule has 2 saturated carbocycles. The van der Waals surface area contributed by atoms with E-state index in [1.54, 1.807) is 44.4 Å². The van der Waals surface area contributed by atoms with Crippen LogP contribution in [0.4, 0.5) is 9.18 Å². The zero-order chi connectivity index (χ0) is 36.7. The molecule has 14 nitrogen and oxygen atoms in total. The lowest BCUT2D eigenvalue weighted by Gasteiger charge is -2.32. The van der Waals surface area contributed by atoms with Gasteiger partial charge in [0.2, 0.25) is 21.8 Å². The van der Waals surface area contributed by atoms with E-state index in [4.69, 9.17) is 9.47 Å². The number of hydrogen-bond acceptors (Lipinski definition) is 9. The number of sulfonamides is 1. The summed E-state index contributed by atoms with van der Waals surface area (Å²) in [5, 5.41) is 15.6. The van der Waals surface area contributed by atoms with E-state index in [1.165, 1.54) is 11.1 Å². The Morgan fingerprint density at radius 2 is 1.90 bits per heavy atom. The fourth-order valence-electron chi connectivity index (χ4n) is 7.36. The van der Waals surface area contributed by atoms with Crippen molar-refractivity contribution in [1.82, 2.24) is 25.2 Å². The van der Waals surface area contributed by atoms with Crippen molar-refractivity contribution in [2.75, 3.05) is 20.3 Å². The molecule has 1 aromatic carbocycles. The number of benzene rings is 1. The largest absolute Gasteiger partial charge is 0.497 e. The zero-order valence-electron chi connectivity index (χ0n) is 28.8. The maximum Gasteiger partial charge on any atom is 0.405 e. The van der Waals surface area contributed by atoms with Crippen molar-refractivity contribution < 1.29 is 46.6 Å². The molecule has 0 spiro atoms. The molecular formula is C35H44FN5O9S. The summed E-state index contributed by atoms with van der Waals surface area (Å²) in [6.45, 7) is 2.57. The van der Waals surface area contributed by atoms with Crippen LogP contribution in [0, 0.1) is 17.8 Å². The number of ether oxygens (including phenoxy) is 2. The molecule has 0 unspecified atom stereocenters. The van der Waals surface area contributed by atoms with Crippen molar-refractivity contribution in [3.8, 4) is 11.5 Å². The third-order valence-corrected chi connectivity index (χ3v) is 12.8. The van der Waals surface area contributed by atoms with Crippen LogP contribution in [0.2, 0.25) is 0 Å². The van der Waals surface area contributed by atoms with E-state index in [-0.39, 0.29) is 38.1 Å². The lowest BCUT2D eigenvalue weighted by atomic mass is 9.88. The number of nitrogens with zero attached hydrogens (tertiary/aromatic N) is 2. The third kappa shape index (κ3) is 7.32. The van der Waals surface area contributed by atoms with Crippen LogP contribution in [0.5, 0.6) is 11.5 Å². The summed E-state index contributed by atoms with van der Waals surface area (Å²) in [6, 6.07) is 4.74. The van der Waals surface area contributed by atoms with Gasteiger partial charge in [-0.15, -0.1) is 0 Å². The molecule has 4 N–H and O–H groups in total. The van der Waals surface area contributed by atoms with Crippen molar-refractivity contribution in [2.24, 2.45) is 17.8 Å². The van der Waals surface area contributed by atoms with Crippen molar-refractivity contribution in [2.45, 2.75) is 87.3 Å². The van der Waals surface area contributed by atoms with Crippen molar-refractivity contribution in [3.63, 3.8) is 0 Å². The number of aromatic nitrogens is 1. The highest BCUT2D eigenvalue weighted by atomic mass is 32.2. The van der Waals surface area contributed by atoms with E-state index >= 15 is 0 Å². The van der Waals surface area contributed by atoms with E-state index < -0.39 is 80.8 Å². The number of halogens is 1. The molecule has 4 aliphatic rings. The van der Waals surface area contributed by atoms with E-state index in [2.05, 4.69) is 15.6 Å². The molecule has 16 heteroatoms. The predicted octanol–water partition coefficient (Wildman–Crippen LogP) is 3.06. The molecule has 4 amide bonds. The van der Waals surface area contributed by atoms with Gasteiger partial charge in [0.15, 0.2) is 0 Å². The highest BCUT2D eigenvalue weighted by Crippen LogP contribution is 2.48. The summed E-state index contributed by atoms with van der Waals surface area (Å²) in [4.78, 5) is 59.9. The highest BCUT2D eigenvalue weighted by molar-refractivity contribution is 7.91. The van der Waals surface area contributed by atoms with Crippen LogP contribution in [-0.2, 0) is 24.4 Å². The fourth-order valence-corrected chi connectivity index (χ4v) is 8.78. The maximum absolute atomic E-state index is 14.3. The lowest BCUT2D eigenvalue weighted by Crippen LogP contribution is -2.59. The van der Waals surface area contributed by atoms with E-state index in [1.807, 2.05) is 17.7 Å². The fraction of sp³-hybridized carbons (Fsp3) is 0.571. The Morgan fingerprint density at radius 3 is 2.59 bits per heavy atom.